The topological polar surface area (TPSA) is 103 Å². The highest BCUT2D eigenvalue weighted by molar-refractivity contribution is 6.33. The Morgan fingerprint density at radius 3 is 2.47 bits per heavy atom. The lowest BCUT2D eigenvalue weighted by molar-refractivity contribution is 0.0239. The highest BCUT2D eigenvalue weighted by Crippen LogP contribution is 2.30. The number of nitrogens with zero attached hydrogens (tertiary/aromatic N) is 4. The molecule has 0 fully saturated rings. The number of nitrogens with two attached hydrogens (primary N) is 1. The van der Waals surface area contributed by atoms with E-state index in [-0.39, 0.29) is 5.56 Å². The predicted octanol–water partition coefficient (Wildman–Crippen LogP) is 5.28. The molecule has 0 unspecified atom stereocenters. The van der Waals surface area contributed by atoms with Crippen molar-refractivity contribution in [1.82, 2.24) is 19.6 Å². The van der Waals surface area contributed by atoms with Gasteiger partial charge in [-0.3, -0.25) is 9.20 Å². The van der Waals surface area contributed by atoms with Gasteiger partial charge in [-0.05, 0) is 80.8 Å². The number of benzene rings is 2. The van der Waals surface area contributed by atoms with Gasteiger partial charge in [0.15, 0.2) is 11.5 Å². The maximum Gasteiger partial charge on any atom is 0.432 e. The summed E-state index contributed by atoms with van der Waals surface area (Å²) in [4.78, 5) is 25.0. The third kappa shape index (κ3) is 4.64. The Balaban J connectivity index is 1.68. The molecule has 0 spiro atoms. The Kier molecular flexibility index (Phi) is 6.12. The first-order valence-corrected chi connectivity index (χ1v) is 11.0. The average molecular weight is 478 g/mol. The molecule has 0 atom stereocenters. The van der Waals surface area contributed by atoms with Crippen LogP contribution in [0.4, 0.5) is 4.79 Å². The number of amides is 2. The van der Waals surface area contributed by atoms with Crippen LogP contribution in [0, 0.1) is 6.92 Å². The van der Waals surface area contributed by atoms with Crippen LogP contribution in [0.3, 0.4) is 0 Å². The van der Waals surface area contributed by atoms with Gasteiger partial charge in [0.25, 0.3) is 5.91 Å². The van der Waals surface area contributed by atoms with E-state index in [4.69, 9.17) is 22.2 Å². The van der Waals surface area contributed by atoms with E-state index in [0.29, 0.717) is 21.5 Å². The maximum absolute atomic E-state index is 12.8. The quantitative estimate of drug-likeness (QED) is 0.245. The Labute approximate surface area is 201 Å². The minimum Gasteiger partial charge on any atom is -0.442 e. The van der Waals surface area contributed by atoms with Gasteiger partial charge < -0.3 is 4.74 Å². The van der Waals surface area contributed by atoms with E-state index in [1.165, 1.54) is 0 Å². The normalized spacial score (nSPS) is 11.5. The van der Waals surface area contributed by atoms with E-state index in [0.717, 1.165) is 22.3 Å². The molecule has 0 aliphatic rings. The van der Waals surface area contributed by atoms with Crippen LogP contribution in [0.5, 0.6) is 0 Å². The summed E-state index contributed by atoms with van der Waals surface area (Å²) < 4.78 is 7.04. The molecule has 0 aliphatic carbocycles. The highest BCUT2D eigenvalue weighted by atomic mass is 35.5. The minimum atomic E-state index is -0.920. The number of carbonyl (C=O) groups is 2. The van der Waals surface area contributed by atoms with Crippen molar-refractivity contribution in [2.24, 2.45) is 5.84 Å². The number of carbonyl (C=O) groups excluding carboxylic acids is 2. The van der Waals surface area contributed by atoms with Gasteiger partial charge in [0.1, 0.15) is 5.60 Å². The molecule has 2 amide bonds. The molecule has 0 bridgehead atoms. The summed E-state index contributed by atoms with van der Waals surface area (Å²) in [7, 11) is 0. The number of halogens is 1. The minimum absolute atomic E-state index is 0.257. The van der Waals surface area contributed by atoms with Crippen molar-refractivity contribution >= 4 is 29.2 Å². The lowest BCUT2D eigenvalue weighted by Gasteiger charge is -2.23. The van der Waals surface area contributed by atoms with Crippen molar-refractivity contribution in [2.75, 3.05) is 0 Å². The van der Waals surface area contributed by atoms with Crippen molar-refractivity contribution in [2.45, 2.75) is 33.3 Å². The second-order valence-corrected chi connectivity index (χ2v) is 9.24. The number of rotatable bonds is 3. The van der Waals surface area contributed by atoms with Gasteiger partial charge in [0.05, 0.1) is 5.02 Å². The Morgan fingerprint density at radius 2 is 1.76 bits per heavy atom. The van der Waals surface area contributed by atoms with Crippen LogP contribution in [-0.2, 0) is 4.74 Å². The number of hydrogen-bond acceptors (Lipinski definition) is 6. The van der Waals surface area contributed by atoms with Crippen LogP contribution in [-0.4, -0.2) is 37.2 Å². The van der Waals surface area contributed by atoms with Crippen LogP contribution in [0.25, 0.3) is 28.2 Å². The molecule has 8 nitrogen and oxygen atoms in total. The van der Waals surface area contributed by atoms with Gasteiger partial charge >= 0.3 is 6.09 Å². The molecule has 0 saturated carbocycles. The predicted molar refractivity (Wildman–Crippen MR) is 130 cm³/mol. The zero-order chi connectivity index (χ0) is 24.6. The van der Waals surface area contributed by atoms with Crippen molar-refractivity contribution in [3.05, 3.63) is 76.9 Å². The molecule has 2 N–H and O–H groups in total. The standard InChI is InChI=1S/C25H24ClN5O3/c1-15-9-10-17(23(32)31(27)24(33)34-25(2,3)4)13-19(15)16-11-12-30-21(14-16)28-29-22(30)18-7-5-6-8-20(18)26/h5-14H,27H2,1-4H3. The molecule has 9 heteroatoms. The number of fused-ring (bicyclic) bond motifs is 1. The third-order valence-electron chi connectivity index (χ3n) is 5.13. The molecule has 4 rings (SSSR count). The number of imide groups is 1. The van der Waals surface area contributed by atoms with Crippen molar-refractivity contribution < 1.29 is 14.3 Å². The number of aromatic nitrogens is 3. The summed E-state index contributed by atoms with van der Waals surface area (Å²) >= 11 is 6.33. The van der Waals surface area contributed by atoms with Gasteiger partial charge in [-0.1, -0.05) is 29.8 Å². The fraction of sp³-hybridized carbons (Fsp3) is 0.200. The SMILES string of the molecule is Cc1ccc(C(=O)N(N)C(=O)OC(C)(C)C)cc1-c1ccn2c(-c3ccccc3Cl)nnc2c1. The summed E-state index contributed by atoms with van der Waals surface area (Å²) in [6.45, 7) is 7.03. The van der Waals surface area contributed by atoms with Crippen LogP contribution in [0.15, 0.2) is 60.8 Å². The van der Waals surface area contributed by atoms with Crippen LogP contribution in [0.1, 0.15) is 36.7 Å². The Morgan fingerprint density at radius 1 is 1.03 bits per heavy atom. The number of ether oxygens (including phenoxy) is 1. The molecule has 34 heavy (non-hydrogen) atoms. The summed E-state index contributed by atoms with van der Waals surface area (Å²) in [5.74, 6) is 5.71. The lowest BCUT2D eigenvalue weighted by atomic mass is 9.98. The summed E-state index contributed by atoms with van der Waals surface area (Å²) in [5, 5.41) is 9.66. The van der Waals surface area contributed by atoms with Crippen molar-refractivity contribution in [3.8, 4) is 22.5 Å². The molecule has 0 saturated heterocycles. The summed E-state index contributed by atoms with van der Waals surface area (Å²) in [5.41, 5.74) is 3.45. The zero-order valence-corrected chi connectivity index (χ0v) is 20.0. The number of pyridine rings is 1. The Hall–Kier alpha value is -3.75. The van der Waals surface area contributed by atoms with E-state index in [9.17, 15) is 9.59 Å². The second-order valence-electron chi connectivity index (χ2n) is 8.83. The van der Waals surface area contributed by atoms with Gasteiger partial charge in [-0.15, -0.1) is 10.2 Å². The van der Waals surface area contributed by atoms with E-state index < -0.39 is 17.6 Å². The van der Waals surface area contributed by atoms with Crippen LogP contribution >= 0.6 is 11.6 Å². The van der Waals surface area contributed by atoms with Gasteiger partial charge in [0.2, 0.25) is 0 Å². The summed E-state index contributed by atoms with van der Waals surface area (Å²) in [6, 6.07) is 16.3. The van der Waals surface area contributed by atoms with Crippen molar-refractivity contribution in [3.63, 3.8) is 0 Å². The van der Waals surface area contributed by atoms with Gasteiger partial charge in [0, 0.05) is 17.3 Å². The number of aryl methyl sites for hydroxylation is 1. The molecular weight excluding hydrogens is 454 g/mol. The first-order valence-electron chi connectivity index (χ1n) is 10.6. The van der Waals surface area contributed by atoms with Crippen LogP contribution < -0.4 is 5.84 Å². The second kappa shape index (κ2) is 8.89. The first-order chi connectivity index (χ1) is 16.0. The fourth-order valence-corrected chi connectivity index (χ4v) is 3.70. The van der Waals surface area contributed by atoms with E-state index >= 15 is 0 Å². The molecule has 2 heterocycles. The average Bonchev–Trinajstić information content (AvgIpc) is 3.20. The molecule has 4 aromatic rings. The largest absolute Gasteiger partial charge is 0.442 e. The molecule has 0 radical (unpaired) electrons. The summed E-state index contributed by atoms with van der Waals surface area (Å²) in [6.07, 6.45) is 0.935. The smallest absolute Gasteiger partial charge is 0.432 e. The number of hydrazine groups is 1. The van der Waals surface area contributed by atoms with Gasteiger partial charge in [-0.2, -0.15) is 5.01 Å². The maximum atomic E-state index is 12.8. The van der Waals surface area contributed by atoms with E-state index in [1.807, 2.05) is 47.9 Å². The highest BCUT2D eigenvalue weighted by Gasteiger charge is 2.26. The lowest BCUT2D eigenvalue weighted by Crippen LogP contribution is -2.45. The molecule has 174 valence electrons. The van der Waals surface area contributed by atoms with Crippen molar-refractivity contribution in [1.29, 1.82) is 0 Å². The van der Waals surface area contributed by atoms with Crippen LogP contribution in [0.2, 0.25) is 5.02 Å². The van der Waals surface area contributed by atoms with E-state index in [1.54, 1.807) is 45.0 Å². The fourth-order valence-electron chi connectivity index (χ4n) is 3.48. The monoisotopic (exact) mass is 477 g/mol. The first kappa shape index (κ1) is 23.4. The zero-order valence-electron chi connectivity index (χ0n) is 19.2. The number of hydrogen-bond donors (Lipinski definition) is 1. The third-order valence-corrected chi connectivity index (χ3v) is 5.46. The molecule has 0 aliphatic heterocycles. The van der Waals surface area contributed by atoms with E-state index in [2.05, 4.69) is 10.2 Å². The molecule has 2 aromatic carbocycles. The van der Waals surface area contributed by atoms with Gasteiger partial charge in [-0.25, -0.2) is 10.6 Å². The molecular formula is C25H24ClN5O3. The Bertz CT molecular complexity index is 1410. The molecule has 2 aromatic heterocycles.